The van der Waals surface area contributed by atoms with E-state index in [1.54, 1.807) is 17.2 Å². The Morgan fingerprint density at radius 2 is 2.09 bits per heavy atom. The topological polar surface area (TPSA) is 62.1 Å². The fourth-order valence-corrected chi connectivity index (χ4v) is 3.39. The Hall–Kier alpha value is -2.82. The summed E-state index contributed by atoms with van der Waals surface area (Å²) >= 11 is 0. The van der Waals surface area contributed by atoms with E-state index in [0.717, 1.165) is 17.7 Å². The van der Waals surface area contributed by atoms with Crippen molar-refractivity contribution in [3.63, 3.8) is 0 Å². The van der Waals surface area contributed by atoms with Crippen LogP contribution in [0.25, 0.3) is 0 Å². The average molecular weight is 308 g/mol. The van der Waals surface area contributed by atoms with Crippen molar-refractivity contribution in [1.29, 1.82) is 0 Å². The summed E-state index contributed by atoms with van der Waals surface area (Å²) < 4.78 is 5.13. The van der Waals surface area contributed by atoms with Gasteiger partial charge in [-0.15, -0.1) is 0 Å². The Morgan fingerprint density at radius 1 is 1.30 bits per heavy atom. The Morgan fingerprint density at radius 3 is 2.87 bits per heavy atom. The standard InChI is InChI=1S/C18H16N2O3/c1-18-9-11-5-3-4-6-14(11)20(18)17(22)12-7-16(23-2)15(21)8-13(12)19-10-18/h3-8,10,21H,9H2,1-2H3. The Labute approximate surface area is 133 Å². The first-order valence-corrected chi connectivity index (χ1v) is 7.42. The maximum atomic E-state index is 13.2. The predicted octanol–water partition coefficient (Wildman–Crippen LogP) is 3.08. The molecule has 0 aliphatic carbocycles. The van der Waals surface area contributed by atoms with E-state index in [1.165, 1.54) is 13.2 Å². The van der Waals surface area contributed by atoms with Gasteiger partial charge in [0, 0.05) is 24.4 Å². The monoisotopic (exact) mass is 308 g/mol. The SMILES string of the molecule is COc1cc2c(cc1O)N=CC1(C)Cc3ccccc3N1C2=O. The van der Waals surface area contributed by atoms with E-state index in [1.807, 2.05) is 31.2 Å². The molecule has 2 aliphatic heterocycles. The highest BCUT2D eigenvalue weighted by molar-refractivity contribution is 6.16. The van der Waals surface area contributed by atoms with E-state index in [9.17, 15) is 9.90 Å². The van der Waals surface area contributed by atoms with Gasteiger partial charge in [-0.05, 0) is 24.6 Å². The number of rotatable bonds is 1. The molecule has 2 heterocycles. The zero-order valence-corrected chi connectivity index (χ0v) is 12.9. The van der Waals surface area contributed by atoms with E-state index in [2.05, 4.69) is 4.99 Å². The van der Waals surface area contributed by atoms with Gasteiger partial charge in [0.2, 0.25) is 0 Å². The molecule has 0 fully saturated rings. The number of hydrogen-bond donors (Lipinski definition) is 1. The zero-order chi connectivity index (χ0) is 16.2. The third kappa shape index (κ3) is 1.86. The highest BCUT2D eigenvalue weighted by atomic mass is 16.5. The van der Waals surface area contributed by atoms with Crippen LogP contribution in [0.3, 0.4) is 0 Å². The fourth-order valence-electron chi connectivity index (χ4n) is 3.39. The molecule has 1 N–H and O–H groups in total. The zero-order valence-electron chi connectivity index (χ0n) is 12.9. The summed E-state index contributed by atoms with van der Waals surface area (Å²) in [5, 5.41) is 9.95. The Kier molecular flexibility index (Phi) is 2.75. The molecule has 2 aromatic carbocycles. The highest BCUT2D eigenvalue weighted by Gasteiger charge is 2.44. The summed E-state index contributed by atoms with van der Waals surface area (Å²) in [5.41, 5.74) is 2.41. The summed E-state index contributed by atoms with van der Waals surface area (Å²) in [6.07, 6.45) is 2.51. The molecule has 23 heavy (non-hydrogen) atoms. The number of ether oxygens (including phenoxy) is 1. The minimum Gasteiger partial charge on any atom is -0.504 e. The van der Waals surface area contributed by atoms with Gasteiger partial charge in [0.1, 0.15) is 0 Å². The first-order chi connectivity index (χ1) is 11.0. The van der Waals surface area contributed by atoms with Crippen LogP contribution in [0.5, 0.6) is 11.5 Å². The number of fused-ring (bicyclic) bond motifs is 4. The van der Waals surface area contributed by atoms with Gasteiger partial charge in [-0.25, -0.2) is 0 Å². The first kappa shape index (κ1) is 13.8. The van der Waals surface area contributed by atoms with Crippen molar-refractivity contribution in [3.05, 3.63) is 47.5 Å². The predicted molar refractivity (Wildman–Crippen MR) is 88.2 cm³/mol. The summed E-state index contributed by atoms with van der Waals surface area (Å²) in [5.74, 6) is 0.107. The molecule has 5 nitrogen and oxygen atoms in total. The lowest BCUT2D eigenvalue weighted by Crippen LogP contribution is -2.48. The van der Waals surface area contributed by atoms with Crippen LogP contribution in [-0.4, -0.2) is 29.9 Å². The molecule has 1 atom stereocenters. The Bertz CT molecular complexity index is 859. The quantitative estimate of drug-likeness (QED) is 0.880. The van der Waals surface area contributed by atoms with Gasteiger partial charge >= 0.3 is 0 Å². The number of anilines is 1. The van der Waals surface area contributed by atoms with Crippen LogP contribution >= 0.6 is 0 Å². The second-order valence-corrected chi connectivity index (χ2v) is 6.10. The molecule has 0 aromatic heterocycles. The number of aromatic hydroxyl groups is 1. The highest BCUT2D eigenvalue weighted by Crippen LogP contribution is 2.43. The second-order valence-electron chi connectivity index (χ2n) is 6.10. The Balaban J connectivity index is 1.93. The van der Waals surface area contributed by atoms with Crippen molar-refractivity contribution in [2.75, 3.05) is 12.0 Å². The lowest BCUT2D eigenvalue weighted by molar-refractivity contribution is 0.0976. The van der Waals surface area contributed by atoms with Crippen molar-refractivity contribution in [1.82, 2.24) is 0 Å². The minimum atomic E-state index is -0.511. The number of carbonyl (C=O) groups excluding carboxylic acids is 1. The van der Waals surface area contributed by atoms with Gasteiger partial charge in [0.25, 0.3) is 5.91 Å². The molecule has 0 spiro atoms. The van der Waals surface area contributed by atoms with Crippen LogP contribution in [0.15, 0.2) is 41.4 Å². The van der Waals surface area contributed by atoms with Gasteiger partial charge in [-0.2, -0.15) is 0 Å². The van der Waals surface area contributed by atoms with E-state index >= 15 is 0 Å². The molecule has 1 amide bonds. The van der Waals surface area contributed by atoms with Gasteiger partial charge in [0.05, 0.1) is 23.9 Å². The third-order valence-electron chi connectivity index (χ3n) is 4.50. The van der Waals surface area contributed by atoms with Gasteiger partial charge in [0.15, 0.2) is 11.5 Å². The van der Waals surface area contributed by atoms with Crippen molar-refractivity contribution in [2.45, 2.75) is 18.9 Å². The maximum absolute atomic E-state index is 13.2. The van der Waals surface area contributed by atoms with Gasteiger partial charge < -0.3 is 9.84 Å². The molecule has 0 bridgehead atoms. The number of phenols is 1. The maximum Gasteiger partial charge on any atom is 0.261 e. The van der Waals surface area contributed by atoms with Crippen LogP contribution < -0.4 is 9.64 Å². The molecular formula is C18H16N2O3. The molecular weight excluding hydrogens is 292 g/mol. The number of nitrogens with zero attached hydrogens (tertiary/aromatic N) is 2. The number of carbonyl (C=O) groups is 1. The number of para-hydroxylation sites is 1. The lowest BCUT2D eigenvalue weighted by Gasteiger charge is -2.31. The number of phenolic OH excluding ortho intramolecular Hbond substituents is 1. The van der Waals surface area contributed by atoms with Crippen LogP contribution in [0.1, 0.15) is 22.8 Å². The van der Waals surface area contributed by atoms with Crippen molar-refractivity contribution < 1.29 is 14.6 Å². The van der Waals surface area contributed by atoms with Crippen molar-refractivity contribution in [2.24, 2.45) is 4.99 Å². The van der Waals surface area contributed by atoms with E-state index in [4.69, 9.17) is 4.74 Å². The number of amides is 1. The molecule has 4 rings (SSSR count). The molecule has 0 radical (unpaired) electrons. The number of methoxy groups -OCH3 is 1. The van der Waals surface area contributed by atoms with E-state index in [-0.39, 0.29) is 17.4 Å². The van der Waals surface area contributed by atoms with Crippen molar-refractivity contribution >= 4 is 23.5 Å². The van der Waals surface area contributed by atoms with E-state index < -0.39 is 5.54 Å². The molecule has 2 aromatic rings. The van der Waals surface area contributed by atoms with Crippen LogP contribution in [0, 0.1) is 0 Å². The lowest BCUT2D eigenvalue weighted by atomic mass is 9.98. The normalized spacial score (nSPS) is 21.5. The number of aliphatic imine (C=N–C) groups is 1. The summed E-state index contributed by atoms with van der Waals surface area (Å²) in [4.78, 5) is 19.4. The number of hydrogen-bond acceptors (Lipinski definition) is 4. The minimum absolute atomic E-state index is 0.0242. The molecule has 2 aliphatic rings. The number of benzene rings is 2. The summed E-state index contributed by atoms with van der Waals surface area (Å²) in [6, 6.07) is 10.9. The van der Waals surface area contributed by atoms with E-state index in [0.29, 0.717) is 11.3 Å². The summed E-state index contributed by atoms with van der Waals surface area (Å²) in [6.45, 7) is 2.00. The van der Waals surface area contributed by atoms with Gasteiger partial charge in [-0.1, -0.05) is 18.2 Å². The summed E-state index contributed by atoms with van der Waals surface area (Å²) in [7, 11) is 1.46. The molecule has 5 heteroatoms. The first-order valence-electron chi connectivity index (χ1n) is 7.42. The largest absolute Gasteiger partial charge is 0.504 e. The molecule has 0 saturated heterocycles. The third-order valence-corrected chi connectivity index (χ3v) is 4.50. The smallest absolute Gasteiger partial charge is 0.261 e. The van der Waals surface area contributed by atoms with Crippen molar-refractivity contribution in [3.8, 4) is 11.5 Å². The van der Waals surface area contributed by atoms with Gasteiger partial charge in [-0.3, -0.25) is 14.7 Å². The van der Waals surface area contributed by atoms with Crippen LogP contribution in [0.2, 0.25) is 0 Å². The second kappa shape index (κ2) is 4.59. The molecule has 116 valence electrons. The fraction of sp³-hybridized carbons (Fsp3) is 0.222. The molecule has 0 saturated carbocycles. The van der Waals surface area contributed by atoms with Crippen LogP contribution in [-0.2, 0) is 6.42 Å². The average Bonchev–Trinajstić information content (AvgIpc) is 2.79. The molecule has 1 unspecified atom stereocenters. The van der Waals surface area contributed by atoms with Crippen LogP contribution in [0.4, 0.5) is 11.4 Å².